The predicted octanol–water partition coefficient (Wildman–Crippen LogP) is 2.84. The van der Waals surface area contributed by atoms with Gasteiger partial charge < -0.3 is 20.3 Å². The maximum Gasteiger partial charge on any atom is 0.408 e. The van der Waals surface area contributed by atoms with Gasteiger partial charge >= 0.3 is 6.09 Å². The molecule has 214 valence electrons. The van der Waals surface area contributed by atoms with Crippen LogP contribution in [-0.2, 0) is 30.1 Å². The summed E-state index contributed by atoms with van der Waals surface area (Å²) in [6, 6.07) is -1.56. The molecule has 0 bridgehead atoms. The van der Waals surface area contributed by atoms with Crippen LogP contribution in [0.3, 0.4) is 0 Å². The van der Waals surface area contributed by atoms with Crippen LogP contribution in [-0.4, -0.2) is 67.4 Å². The lowest BCUT2D eigenvalue weighted by molar-refractivity contribution is -0.141. The van der Waals surface area contributed by atoms with Crippen molar-refractivity contribution in [3.8, 4) is 0 Å². The SMILES string of the molecule is CC(C)(C)OC(=O)N[C@H]1CCCCCC=C[C@@H]2C[C@@]2(C(=O)N[S@](=O)C(C)(C)C)NC(=O)[C@@H]2CCCN2C1=O. The molecule has 2 heterocycles. The first-order valence-corrected chi connectivity index (χ1v) is 14.8. The Bertz CT molecular complexity index is 985. The van der Waals surface area contributed by atoms with E-state index in [9.17, 15) is 23.4 Å². The first-order valence-electron chi connectivity index (χ1n) is 13.7. The van der Waals surface area contributed by atoms with E-state index >= 15 is 0 Å². The summed E-state index contributed by atoms with van der Waals surface area (Å²) in [4.78, 5) is 54.5. The number of nitrogens with zero attached hydrogens (tertiary/aromatic N) is 1. The zero-order valence-corrected chi connectivity index (χ0v) is 24.4. The van der Waals surface area contributed by atoms with Crippen LogP contribution in [0, 0.1) is 5.92 Å². The van der Waals surface area contributed by atoms with Gasteiger partial charge in [0.15, 0.2) is 0 Å². The fourth-order valence-corrected chi connectivity index (χ4v) is 5.53. The molecule has 1 saturated carbocycles. The summed E-state index contributed by atoms with van der Waals surface area (Å²) in [5.41, 5.74) is -1.90. The van der Waals surface area contributed by atoms with Gasteiger partial charge in [0.05, 0.1) is 4.75 Å². The van der Waals surface area contributed by atoms with Crippen LogP contribution >= 0.6 is 0 Å². The summed E-state index contributed by atoms with van der Waals surface area (Å²) >= 11 is 0. The average Bonchev–Trinajstić information content (AvgIpc) is 3.25. The number of rotatable bonds is 3. The van der Waals surface area contributed by atoms with Gasteiger partial charge in [-0.15, -0.1) is 0 Å². The predicted molar refractivity (Wildman–Crippen MR) is 145 cm³/mol. The van der Waals surface area contributed by atoms with Crippen LogP contribution in [0.5, 0.6) is 0 Å². The average molecular weight is 553 g/mol. The summed E-state index contributed by atoms with van der Waals surface area (Å²) in [6.45, 7) is 11.0. The molecule has 38 heavy (non-hydrogen) atoms. The second-order valence-electron chi connectivity index (χ2n) is 12.5. The number of fused-ring (bicyclic) bond motifs is 2. The molecule has 3 rings (SSSR count). The Balaban J connectivity index is 1.83. The summed E-state index contributed by atoms with van der Waals surface area (Å²) < 4.78 is 20.0. The number of alkyl carbamates (subject to hydrolysis) is 1. The number of carbonyl (C=O) groups excluding carboxylic acids is 4. The third kappa shape index (κ3) is 7.57. The molecular weight excluding hydrogens is 508 g/mol. The maximum atomic E-state index is 13.6. The molecule has 10 nitrogen and oxygen atoms in total. The Kier molecular flexibility index (Phi) is 9.32. The summed E-state index contributed by atoms with van der Waals surface area (Å²) in [7, 11) is -1.63. The fourth-order valence-electron chi connectivity index (χ4n) is 4.87. The minimum absolute atomic E-state index is 0.208. The molecule has 3 aliphatic rings. The zero-order valence-electron chi connectivity index (χ0n) is 23.6. The molecule has 2 aliphatic heterocycles. The van der Waals surface area contributed by atoms with Gasteiger partial charge in [-0.25, -0.2) is 9.00 Å². The van der Waals surface area contributed by atoms with E-state index in [0.29, 0.717) is 32.2 Å². The number of amides is 4. The lowest BCUT2D eigenvalue weighted by Gasteiger charge is -2.30. The standard InChI is InChI=1S/C27H44N4O6S/c1-25(2,3)37-24(35)28-19-14-11-9-7-8-10-13-18-17-27(18,23(34)30-38(36)26(4,5)6)29-21(32)20-15-12-16-31(20)22(19)33/h10,13,18-20H,7-9,11-12,14-17H2,1-6H3,(H,28,35)(H,29,32)(H,30,34)/t18-,19+,20+,27-,38-/m1/s1. The Labute approximate surface area is 228 Å². The van der Waals surface area contributed by atoms with Gasteiger partial charge in [0.2, 0.25) is 11.8 Å². The topological polar surface area (TPSA) is 134 Å². The van der Waals surface area contributed by atoms with Crippen molar-refractivity contribution >= 4 is 34.8 Å². The molecule has 11 heteroatoms. The van der Waals surface area contributed by atoms with Crippen molar-refractivity contribution in [2.24, 2.45) is 5.92 Å². The highest BCUT2D eigenvalue weighted by molar-refractivity contribution is 7.85. The Morgan fingerprint density at radius 1 is 1.08 bits per heavy atom. The largest absolute Gasteiger partial charge is 0.444 e. The van der Waals surface area contributed by atoms with Gasteiger partial charge in [0.25, 0.3) is 5.91 Å². The van der Waals surface area contributed by atoms with E-state index in [1.54, 1.807) is 41.5 Å². The molecule has 0 aromatic carbocycles. The van der Waals surface area contributed by atoms with Crippen molar-refractivity contribution in [2.45, 2.75) is 121 Å². The molecule has 3 N–H and O–H groups in total. The molecule has 1 saturated heterocycles. The smallest absolute Gasteiger partial charge is 0.408 e. The Morgan fingerprint density at radius 2 is 1.79 bits per heavy atom. The van der Waals surface area contributed by atoms with E-state index in [-0.39, 0.29) is 11.8 Å². The van der Waals surface area contributed by atoms with Crippen LogP contribution in [0.2, 0.25) is 0 Å². The summed E-state index contributed by atoms with van der Waals surface area (Å²) in [6.07, 6.45) is 8.56. The van der Waals surface area contributed by atoms with E-state index in [1.807, 2.05) is 12.2 Å². The number of ether oxygens (including phenoxy) is 1. The highest BCUT2D eigenvalue weighted by atomic mass is 32.2. The van der Waals surface area contributed by atoms with Crippen molar-refractivity contribution in [3.05, 3.63) is 12.2 Å². The minimum atomic E-state index is -1.63. The molecule has 0 unspecified atom stereocenters. The second-order valence-corrected chi connectivity index (χ2v) is 14.5. The fraction of sp³-hybridized carbons (Fsp3) is 0.778. The van der Waals surface area contributed by atoms with Gasteiger partial charge in [-0.05, 0) is 80.1 Å². The van der Waals surface area contributed by atoms with Crippen LogP contribution in [0.25, 0.3) is 0 Å². The minimum Gasteiger partial charge on any atom is -0.444 e. The summed E-state index contributed by atoms with van der Waals surface area (Å²) in [5, 5.41) is 5.66. The van der Waals surface area contributed by atoms with E-state index < -0.39 is 56.9 Å². The number of hydrogen-bond donors (Lipinski definition) is 3. The molecule has 0 aromatic rings. The quantitative estimate of drug-likeness (QED) is 0.461. The zero-order chi connectivity index (χ0) is 28.3. The molecule has 0 radical (unpaired) electrons. The monoisotopic (exact) mass is 552 g/mol. The molecule has 1 aliphatic carbocycles. The van der Waals surface area contributed by atoms with E-state index in [0.717, 1.165) is 25.7 Å². The van der Waals surface area contributed by atoms with Gasteiger partial charge in [0.1, 0.15) is 34.2 Å². The van der Waals surface area contributed by atoms with E-state index in [2.05, 4.69) is 15.4 Å². The molecule has 2 fully saturated rings. The molecule has 0 spiro atoms. The van der Waals surface area contributed by atoms with Crippen molar-refractivity contribution < 1.29 is 28.1 Å². The molecule has 4 amide bonds. The van der Waals surface area contributed by atoms with Crippen LogP contribution in [0.15, 0.2) is 12.2 Å². The van der Waals surface area contributed by atoms with Gasteiger partial charge in [-0.3, -0.25) is 19.1 Å². The number of nitrogens with one attached hydrogen (secondary N) is 3. The van der Waals surface area contributed by atoms with Crippen molar-refractivity contribution in [1.82, 2.24) is 20.3 Å². The lowest BCUT2D eigenvalue weighted by Crippen LogP contribution is -2.58. The number of hydrogen-bond acceptors (Lipinski definition) is 6. The van der Waals surface area contributed by atoms with E-state index in [1.165, 1.54) is 4.90 Å². The van der Waals surface area contributed by atoms with Crippen LogP contribution in [0.1, 0.15) is 92.9 Å². The van der Waals surface area contributed by atoms with Crippen molar-refractivity contribution in [3.63, 3.8) is 0 Å². The highest BCUT2D eigenvalue weighted by Crippen LogP contribution is 2.45. The Hall–Kier alpha value is -2.43. The van der Waals surface area contributed by atoms with Crippen molar-refractivity contribution in [2.75, 3.05) is 6.54 Å². The Morgan fingerprint density at radius 3 is 2.45 bits per heavy atom. The highest BCUT2D eigenvalue weighted by Gasteiger charge is 2.61. The second kappa shape index (κ2) is 11.8. The molecular formula is C27H44N4O6S. The number of carbonyl (C=O) groups is 4. The summed E-state index contributed by atoms with van der Waals surface area (Å²) in [5.74, 6) is -1.41. The van der Waals surface area contributed by atoms with Gasteiger partial charge in [0, 0.05) is 12.5 Å². The van der Waals surface area contributed by atoms with Gasteiger partial charge in [-0.1, -0.05) is 25.0 Å². The number of allylic oxidation sites excluding steroid dienone is 1. The molecule has 0 aromatic heterocycles. The first-order chi connectivity index (χ1) is 17.6. The lowest BCUT2D eigenvalue weighted by atomic mass is 10.0. The maximum absolute atomic E-state index is 13.6. The molecule has 5 atom stereocenters. The normalized spacial score (nSPS) is 29.6. The third-order valence-electron chi connectivity index (χ3n) is 7.07. The van der Waals surface area contributed by atoms with Gasteiger partial charge in [-0.2, -0.15) is 0 Å². The van der Waals surface area contributed by atoms with Crippen LogP contribution in [0.4, 0.5) is 4.79 Å². The van der Waals surface area contributed by atoms with E-state index in [4.69, 9.17) is 4.74 Å². The first kappa shape index (κ1) is 30.1. The third-order valence-corrected chi connectivity index (χ3v) is 8.55. The van der Waals surface area contributed by atoms with Crippen LogP contribution < -0.4 is 15.4 Å². The van der Waals surface area contributed by atoms with Crippen molar-refractivity contribution in [1.29, 1.82) is 0 Å².